The predicted molar refractivity (Wildman–Crippen MR) is 39.6 cm³/mol. The van der Waals surface area contributed by atoms with Crippen LogP contribution in [0, 0.1) is 17.8 Å². The Morgan fingerprint density at radius 1 is 1.44 bits per heavy atom. The van der Waals surface area contributed by atoms with Gasteiger partial charge in [0.1, 0.15) is 0 Å². The van der Waals surface area contributed by atoms with Crippen LogP contribution in [0.5, 0.6) is 0 Å². The average Bonchev–Trinajstić information content (AvgIpc) is 1.91. The summed E-state index contributed by atoms with van der Waals surface area (Å²) in [5, 5.41) is 0. The second kappa shape index (κ2) is 3.14. The first-order valence-corrected chi connectivity index (χ1v) is 3.05. The highest BCUT2D eigenvalue weighted by Gasteiger charge is 1.98. The summed E-state index contributed by atoms with van der Waals surface area (Å²) in [6.07, 6.45) is 9.22. The van der Waals surface area contributed by atoms with Crippen LogP contribution in [-0.2, 0) is 0 Å². The maximum absolute atomic E-state index is 3.01. The van der Waals surface area contributed by atoms with Crippen LogP contribution in [0.3, 0.4) is 0 Å². The molecular weight excluding hydrogens is 108 g/mol. The lowest BCUT2D eigenvalue weighted by Gasteiger charge is -2.01. The standard InChI is InChI=1S/C9H9/c1-2-6-9-7-4-3-5-8-9/h3-5,7H,8H2,1H3. The van der Waals surface area contributed by atoms with Crippen molar-refractivity contribution in [2.45, 2.75) is 13.3 Å². The molecule has 0 aromatic heterocycles. The molecule has 0 N–H and O–H groups in total. The topological polar surface area (TPSA) is 0 Å². The molecule has 0 aliphatic heterocycles. The monoisotopic (exact) mass is 117 g/mol. The minimum absolute atomic E-state index is 0.997. The van der Waals surface area contributed by atoms with Crippen LogP contribution in [0.25, 0.3) is 0 Å². The van der Waals surface area contributed by atoms with Gasteiger partial charge < -0.3 is 0 Å². The lowest BCUT2D eigenvalue weighted by molar-refractivity contribution is 1.16. The molecule has 9 heavy (non-hydrogen) atoms. The van der Waals surface area contributed by atoms with Crippen LogP contribution in [0.1, 0.15) is 13.3 Å². The number of hydrogen-bond donors (Lipinski definition) is 0. The van der Waals surface area contributed by atoms with Crippen molar-refractivity contribution in [3.63, 3.8) is 0 Å². The van der Waals surface area contributed by atoms with Gasteiger partial charge in [-0.15, -0.1) is 5.92 Å². The van der Waals surface area contributed by atoms with Gasteiger partial charge in [-0.25, -0.2) is 0 Å². The van der Waals surface area contributed by atoms with Gasteiger partial charge >= 0.3 is 0 Å². The fourth-order valence-corrected chi connectivity index (χ4v) is 0.767. The second-order valence-corrected chi connectivity index (χ2v) is 1.89. The molecule has 0 heteroatoms. The van der Waals surface area contributed by atoms with Gasteiger partial charge in [0.2, 0.25) is 0 Å². The van der Waals surface area contributed by atoms with Crippen molar-refractivity contribution in [1.82, 2.24) is 0 Å². The van der Waals surface area contributed by atoms with Gasteiger partial charge in [-0.2, -0.15) is 0 Å². The molecule has 0 nitrogen and oxygen atoms in total. The molecule has 0 aromatic carbocycles. The Kier molecular flexibility index (Phi) is 2.15. The zero-order valence-electron chi connectivity index (χ0n) is 5.52. The van der Waals surface area contributed by atoms with Crippen molar-refractivity contribution in [3.05, 3.63) is 30.2 Å². The minimum atomic E-state index is 0.997. The fourth-order valence-electron chi connectivity index (χ4n) is 0.767. The van der Waals surface area contributed by atoms with Crippen molar-refractivity contribution < 1.29 is 0 Å². The molecule has 0 aromatic rings. The van der Waals surface area contributed by atoms with Crippen LogP contribution in [0.2, 0.25) is 0 Å². The van der Waals surface area contributed by atoms with Crippen LogP contribution in [0.4, 0.5) is 0 Å². The van der Waals surface area contributed by atoms with Crippen LogP contribution in [0.15, 0.2) is 24.3 Å². The molecule has 0 bridgehead atoms. The Hall–Kier alpha value is -0.960. The summed E-state index contributed by atoms with van der Waals surface area (Å²) >= 11 is 0. The first-order chi connectivity index (χ1) is 4.43. The molecule has 1 aliphatic rings. The van der Waals surface area contributed by atoms with Gasteiger partial charge in [0, 0.05) is 0 Å². The third-order valence-electron chi connectivity index (χ3n) is 1.17. The summed E-state index contributed by atoms with van der Waals surface area (Å²) in [6.45, 7) is 1.86. The summed E-state index contributed by atoms with van der Waals surface area (Å²) in [5.74, 6) is 7.09. The molecule has 0 amide bonds. The van der Waals surface area contributed by atoms with Crippen LogP contribution in [-0.4, -0.2) is 0 Å². The number of rotatable bonds is 0. The van der Waals surface area contributed by atoms with Gasteiger partial charge in [-0.05, 0) is 13.3 Å². The molecule has 0 fully saturated rings. The van der Waals surface area contributed by atoms with E-state index in [1.165, 1.54) is 5.92 Å². The first kappa shape index (κ1) is 6.16. The summed E-state index contributed by atoms with van der Waals surface area (Å²) in [7, 11) is 0. The van der Waals surface area contributed by atoms with Crippen LogP contribution < -0.4 is 0 Å². The van der Waals surface area contributed by atoms with Crippen molar-refractivity contribution in [2.24, 2.45) is 0 Å². The first-order valence-electron chi connectivity index (χ1n) is 3.05. The third-order valence-corrected chi connectivity index (χ3v) is 1.17. The molecule has 0 atom stereocenters. The molecule has 0 spiro atoms. The Bertz CT molecular complexity index is 186. The molecular formula is C9H9. The highest BCUT2D eigenvalue weighted by atomic mass is 14.0. The van der Waals surface area contributed by atoms with Crippen LogP contribution >= 0.6 is 0 Å². The van der Waals surface area contributed by atoms with Gasteiger partial charge in [0.05, 0.1) is 5.92 Å². The van der Waals surface area contributed by atoms with E-state index in [4.69, 9.17) is 0 Å². The lowest BCUT2D eigenvalue weighted by atomic mass is 10.0. The molecule has 0 saturated carbocycles. The van der Waals surface area contributed by atoms with Crippen molar-refractivity contribution >= 4 is 0 Å². The molecule has 0 unspecified atom stereocenters. The second-order valence-electron chi connectivity index (χ2n) is 1.89. The van der Waals surface area contributed by atoms with Gasteiger partial charge in [-0.3, -0.25) is 0 Å². The molecule has 1 aliphatic carbocycles. The smallest absolute Gasteiger partial charge is 0.0734 e. The highest BCUT2D eigenvalue weighted by molar-refractivity contribution is 5.36. The molecule has 0 saturated heterocycles. The van der Waals surface area contributed by atoms with Gasteiger partial charge in [0.15, 0.2) is 0 Å². The zero-order chi connectivity index (χ0) is 6.53. The molecule has 1 rings (SSSR count). The summed E-state index contributed by atoms with van der Waals surface area (Å²) in [6, 6.07) is 0. The maximum Gasteiger partial charge on any atom is 0.0734 e. The normalized spacial score (nSPS) is 17.0. The summed E-state index contributed by atoms with van der Waals surface area (Å²) < 4.78 is 0. The number of allylic oxidation sites excluding steroid dienone is 4. The van der Waals surface area contributed by atoms with Gasteiger partial charge in [0.25, 0.3) is 0 Å². The summed E-state index contributed by atoms with van der Waals surface area (Å²) in [5.41, 5.74) is 0. The van der Waals surface area contributed by atoms with Crippen molar-refractivity contribution in [3.8, 4) is 11.8 Å². The van der Waals surface area contributed by atoms with E-state index in [9.17, 15) is 0 Å². The average molecular weight is 117 g/mol. The van der Waals surface area contributed by atoms with E-state index >= 15 is 0 Å². The predicted octanol–water partition coefficient (Wildman–Crippen LogP) is 2.10. The summed E-state index contributed by atoms with van der Waals surface area (Å²) in [4.78, 5) is 0. The van der Waals surface area contributed by atoms with Crippen molar-refractivity contribution in [2.75, 3.05) is 0 Å². The largest absolute Gasteiger partial charge is 0.106 e. The van der Waals surface area contributed by atoms with E-state index in [-0.39, 0.29) is 0 Å². The Balaban J connectivity index is 2.52. The number of hydrogen-bond acceptors (Lipinski definition) is 0. The lowest BCUT2D eigenvalue weighted by Crippen LogP contribution is -1.88. The molecule has 0 heterocycles. The van der Waals surface area contributed by atoms with E-state index in [0.717, 1.165) is 6.42 Å². The van der Waals surface area contributed by atoms with E-state index in [1.807, 2.05) is 19.1 Å². The third kappa shape index (κ3) is 1.77. The van der Waals surface area contributed by atoms with E-state index in [2.05, 4.69) is 24.0 Å². The highest BCUT2D eigenvalue weighted by Crippen LogP contribution is 2.11. The quantitative estimate of drug-likeness (QED) is 0.426. The molecule has 45 valence electrons. The van der Waals surface area contributed by atoms with Crippen molar-refractivity contribution in [1.29, 1.82) is 0 Å². The van der Waals surface area contributed by atoms with E-state index in [1.54, 1.807) is 0 Å². The fraction of sp³-hybridized carbons (Fsp3) is 0.222. The van der Waals surface area contributed by atoms with Gasteiger partial charge in [-0.1, -0.05) is 30.2 Å². The van der Waals surface area contributed by atoms with E-state index in [0.29, 0.717) is 0 Å². The SMILES string of the molecule is CC#C[C]1C=CC=CC1. The van der Waals surface area contributed by atoms with E-state index < -0.39 is 0 Å². The Morgan fingerprint density at radius 2 is 2.33 bits per heavy atom. The Morgan fingerprint density at radius 3 is 2.89 bits per heavy atom. The minimum Gasteiger partial charge on any atom is -0.106 e. The molecule has 1 radical (unpaired) electrons. The Labute approximate surface area is 56.3 Å². The zero-order valence-corrected chi connectivity index (χ0v) is 5.52. The maximum atomic E-state index is 3.01.